The molecule has 9 heteroatoms. The predicted octanol–water partition coefficient (Wildman–Crippen LogP) is 2.77. The zero-order valence-corrected chi connectivity index (χ0v) is 19.0. The van der Waals surface area contributed by atoms with Gasteiger partial charge in [-0.2, -0.15) is 0 Å². The first-order valence-electron chi connectivity index (χ1n) is 10.6. The quantitative estimate of drug-likeness (QED) is 0.669. The molecule has 8 nitrogen and oxygen atoms in total. The van der Waals surface area contributed by atoms with Gasteiger partial charge in [-0.1, -0.05) is 23.7 Å². The Kier molecular flexibility index (Phi) is 8.05. The number of anilines is 1. The molecule has 0 aliphatic carbocycles. The van der Waals surface area contributed by atoms with Gasteiger partial charge in [-0.3, -0.25) is 9.59 Å². The second-order valence-electron chi connectivity index (χ2n) is 7.47. The van der Waals surface area contributed by atoms with Crippen LogP contribution in [-0.4, -0.2) is 66.5 Å². The lowest BCUT2D eigenvalue weighted by Crippen LogP contribution is -2.48. The molecule has 2 heterocycles. The molecule has 32 heavy (non-hydrogen) atoms. The van der Waals surface area contributed by atoms with Crippen molar-refractivity contribution in [3.05, 3.63) is 58.7 Å². The molecule has 0 spiro atoms. The summed E-state index contributed by atoms with van der Waals surface area (Å²) in [4.78, 5) is 45.4. The van der Waals surface area contributed by atoms with E-state index < -0.39 is 12.0 Å². The Morgan fingerprint density at radius 1 is 1.12 bits per heavy atom. The van der Waals surface area contributed by atoms with E-state index in [1.165, 1.54) is 6.20 Å². The summed E-state index contributed by atoms with van der Waals surface area (Å²) in [6, 6.07) is 9.54. The van der Waals surface area contributed by atoms with Crippen molar-refractivity contribution >= 4 is 35.2 Å². The number of ether oxygens (including phenoxy) is 1. The molecule has 1 aliphatic heterocycles. The molecule has 3 rings (SSSR count). The Balaban J connectivity index is 1.57. The SMILES string of the molecule is CCOC(=O)c1ccc(N2CCCN(C(=O)C(C)NC(=O)c3ccccc3Cl)CC2)nc1. The van der Waals surface area contributed by atoms with E-state index in [4.69, 9.17) is 16.3 Å². The van der Waals surface area contributed by atoms with Crippen LogP contribution in [0.1, 0.15) is 41.0 Å². The van der Waals surface area contributed by atoms with Gasteiger partial charge >= 0.3 is 5.97 Å². The molecule has 2 aromatic rings. The smallest absolute Gasteiger partial charge is 0.339 e. The molecule has 1 unspecified atom stereocenters. The van der Waals surface area contributed by atoms with Gasteiger partial charge in [0.2, 0.25) is 5.91 Å². The highest BCUT2D eigenvalue weighted by Gasteiger charge is 2.25. The Bertz CT molecular complexity index is 967. The molecule has 2 amide bonds. The average molecular weight is 459 g/mol. The highest BCUT2D eigenvalue weighted by Crippen LogP contribution is 2.17. The van der Waals surface area contributed by atoms with Gasteiger partial charge in [0.05, 0.1) is 22.8 Å². The second kappa shape index (κ2) is 10.9. The van der Waals surface area contributed by atoms with Crippen LogP contribution >= 0.6 is 11.6 Å². The van der Waals surface area contributed by atoms with Crippen molar-refractivity contribution in [3.63, 3.8) is 0 Å². The van der Waals surface area contributed by atoms with Gasteiger partial charge in [-0.05, 0) is 44.5 Å². The van der Waals surface area contributed by atoms with Crippen molar-refractivity contribution in [1.82, 2.24) is 15.2 Å². The molecule has 1 aromatic heterocycles. The van der Waals surface area contributed by atoms with Crippen molar-refractivity contribution < 1.29 is 19.1 Å². The van der Waals surface area contributed by atoms with E-state index in [1.54, 1.807) is 55.1 Å². The van der Waals surface area contributed by atoms with Gasteiger partial charge in [0.1, 0.15) is 11.9 Å². The Labute approximate surface area is 192 Å². The van der Waals surface area contributed by atoms with E-state index >= 15 is 0 Å². The van der Waals surface area contributed by atoms with Crippen LogP contribution in [0.25, 0.3) is 0 Å². The topological polar surface area (TPSA) is 91.8 Å². The van der Waals surface area contributed by atoms with E-state index in [2.05, 4.69) is 15.2 Å². The lowest BCUT2D eigenvalue weighted by molar-refractivity contribution is -0.132. The fraction of sp³-hybridized carbons (Fsp3) is 0.391. The number of rotatable bonds is 6. The van der Waals surface area contributed by atoms with Gasteiger partial charge < -0.3 is 19.9 Å². The van der Waals surface area contributed by atoms with Crippen LogP contribution in [0, 0.1) is 0 Å². The molecule has 0 radical (unpaired) electrons. The lowest BCUT2D eigenvalue weighted by Gasteiger charge is -2.25. The molecular weight excluding hydrogens is 432 g/mol. The van der Waals surface area contributed by atoms with Crippen molar-refractivity contribution in [3.8, 4) is 0 Å². The van der Waals surface area contributed by atoms with Crippen LogP contribution in [0.2, 0.25) is 5.02 Å². The minimum absolute atomic E-state index is 0.141. The van der Waals surface area contributed by atoms with Gasteiger partial charge in [-0.15, -0.1) is 0 Å². The normalized spacial score (nSPS) is 15.0. The molecule has 0 bridgehead atoms. The lowest BCUT2D eigenvalue weighted by atomic mass is 10.2. The Morgan fingerprint density at radius 3 is 2.59 bits per heavy atom. The summed E-state index contributed by atoms with van der Waals surface area (Å²) in [7, 11) is 0. The van der Waals surface area contributed by atoms with E-state index in [-0.39, 0.29) is 11.8 Å². The van der Waals surface area contributed by atoms with Gasteiger partial charge in [0.25, 0.3) is 5.91 Å². The van der Waals surface area contributed by atoms with E-state index in [9.17, 15) is 14.4 Å². The molecule has 170 valence electrons. The number of carbonyl (C=O) groups is 3. The summed E-state index contributed by atoms with van der Waals surface area (Å²) in [5.41, 5.74) is 0.749. The minimum Gasteiger partial charge on any atom is -0.462 e. The highest BCUT2D eigenvalue weighted by atomic mass is 35.5. The van der Waals surface area contributed by atoms with Crippen molar-refractivity contribution in [2.45, 2.75) is 26.3 Å². The summed E-state index contributed by atoms with van der Waals surface area (Å²) in [5, 5.41) is 3.08. The highest BCUT2D eigenvalue weighted by molar-refractivity contribution is 6.33. The van der Waals surface area contributed by atoms with Gasteiger partial charge in [-0.25, -0.2) is 9.78 Å². The molecular formula is C23H27ClN4O4. The summed E-state index contributed by atoms with van der Waals surface area (Å²) in [6.45, 7) is 6.17. The molecule has 1 atom stereocenters. The number of esters is 1. The molecule has 1 N–H and O–H groups in total. The maximum Gasteiger partial charge on any atom is 0.339 e. The third kappa shape index (κ3) is 5.76. The number of benzene rings is 1. The Hall–Kier alpha value is -3.13. The minimum atomic E-state index is -0.674. The molecule has 0 saturated carbocycles. The van der Waals surface area contributed by atoms with Crippen LogP contribution < -0.4 is 10.2 Å². The number of pyridine rings is 1. The second-order valence-corrected chi connectivity index (χ2v) is 7.87. The third-order valence-electron chi connectivity index (χ3n) is 5.23. The van der Waals surface area contributed by atoms with Crippen LogP contribution in [0.3, 0.4) is 0 Å². The zero-order chi connectivity index (χ0) is 23.1. The first-order valence-corrected chi connectivity index (χ1v) is 11.0. The fourth-order valence-corrected chi connectivity index (χ4v) is 3.75. The summed E-state index contributed by atoms with van der Waals surface area (Å²) >= 11 is 6.08. The zero-order valence-electron chi connectivity index (χ0n) is 18.2. The molecule has 1 fully saturated rings. The third-order valence-corrected chi connectivity index (χ3v) is 5.56. The first-order chi connectivity index (χ1) is 15.4. The van der Waals surface area contributed by atoms with E-state index in [1.807, 2.05) is 0 Å². The number of carbonyl (C=O) groups excluding carboxylic acids is 3. The van der Waals surface area contributed by atoms with Crippen molar-refractivity contribution in [1.29, 1.82) is 0 Å². The van der Waals surface area contributed by atoms with Gasteiger partial charge in [0, 0.05) is 32.4 Å². The maximum atomic E-state index is 12.9. The summed E-state index contributed by atoms with van der Waals surface area (Å²) in [6.07, 6.45) is 2.27. The van der Waals surface area contributed by atoms with Crippen molar-refractivity contribution in [2.24, 2.45) is 0 Å². The average Bonchev–Trinajstić information content (AvgIpc) is 3.05. The maximum absolute atomic E-state index is 12.9. The molecule has 1 saturated heterocycles. The number of halogens is 1. The van der Waals surface area contributed by atoms with Crippen LogP contribution in [0.4, 0.5) is 5.82 Å². The Morgan fingerprint density at radius 2 is 1.91 bits per heavy atom. The number of aromatic nitrogens is 1. The molecule has 1 aliphatic rings. The number of amides is 2. The van der Waals surface area contributed by atoms with Crippen LogP contribution in [0.15, 0.2) is 42.6 Å². The number of hydrogen-bond donors (Lipinski definition) is 1. The van der Waals surface area contributed by atoms with Crippen LogP contribution in [0.5, 0.6) is 0 Å². The fourth-order valence-electron chi connectivity index (χ4n) is 3.53. The number of nitrogens with zero attached hydrogens (tertiary/aromatic N) is 3. The van der Waals surface area contributed by atoms with E-state index in [0.29, 0.717) is 42.4 Å². The molecule has 1 aromatic carbocycles. The predicted molar refractivity (Wildman–Crippen MR) is 122 cm³/mol. The summed E-state index contributed by atoms with van der Waals surface area (Å²) < 4.78 is 4.98. The first kappa shape index (κ1) is 23.5. The standard InChI is InChI=1S/C23H27ClN4O4/c1-3-32-23(31)17-9-10-20(25-15-17)27-11-6-12-28(14-13-27)22(30)16(2)26-21(29)18-7-4-5-8-19(18)24/h4-5,7-10,15-16H,3,6,11-14H2,1-2H3,(H,26,29). The van der Waals surface area contributed by atoms with Gasteiger partial charge in [0.15, 0.2) is 0 Å². The number of nitrogens with one attached hydrogen (secondary N) is 1. The van der Waals surface area contributed by atoms with Crippen molar-refractivity contribution in [2.75, 3.05) is 37.7 Å². The number of hydrogen-bond acceptors (Lipinski definition) is 6. The van der Waals surface area contributed by atoms with Crippen LogP contribution in [-0.2, 0) is 9.53 Å². The largest absolute Gasteiger partial charge is 0.462 e. The summed E-state index contributed by atoms with van der Waals surface area (Å²) in [5.74, 6) is -0.170. The van der Waals surface area contributed by atoms with E-state index in [0.717, 1.165) is 18.8 Å². The monoisotopic (exact) mass is 458 g/mol.